The van der Waals surface area contributed by atoms with Crippen molar-refractivity contribution in [3.8, 4) is 11.3 Å². The van der Waals surface area contributed by atoms with Gasteiger partial charge in [0.15, 0.2) is 0 Å². The summed E-state index contributed by atoms with van der Waals surface area (Å²) in [6, 6.07) is 11.6. The van der Waals surface area contributed by atoms with Gasteiger partial charge in [0.1, 0.15) is 0 Å². The fourth-order valence-electron chi connectivity index (χ4n) is 2.19. The molecule has 3 rings (SSSR count). The lowest BCUT2D eigenvalue weighted by atomic mass is 10.1. The van der Waals surface area contributed by atoms with Crippen LogP contribution in [0.3, 0.4) is 0 Å². The number of rotatable bonds is 3. The maximum Gasteiger partial charge on any atom is 0.221 e. The quantitative estimate of drug-likeness (QED) is 0.755. The molecule has 1 amide bonds. The highest BCUT2D eigenvalue weighted by atomic mass is 32.2. The summed E-state index contributed by atoms with van der Waals surface area (Å²) in [7, 11) is 0. The molecule has 0 atom stereocenters. The number of aromatic nitrogens is 3. The first-order valence-electron chi connectivity index (χ1n) is 6.45. The molecular formula is C15H14N4OS. The average Bonchev–Trinajstić information content (AvgIpc) is 2.90. The van der Waals surface area contributed by atoms with Gasteiger partial charge in [-0.15, -0.1) is 5.10 Å². The third kappa shape index (κ3) is 2.62. The Labute approximate surface area is 126 Å². The first-order chi connectivity index (χ1) is 10.2. The lowest BCUT2D eigenvalue weighted by Gasteiger charge is -2.10. The lowest BCUT2D eigenvalue weighted by molar-refractivity contribution is -0.114. The lowest BCUT2D eigenvalue weighted by Crippen LogP contribution is -2.07. The van der Waals surface area contributed by atoms with E-state index < -0.39 is 0 Å². The number of benzene rings is 1. The number of carbonyl (C=O) groups excluding carboxylic acids is 1. The molecule has 0 bridgehead atoms. The average molecular weight is 298 g/mol. The molecular weight excluding hydrogens is 284 g/mol. The van der Waals surface area contributed by atoms with E-state index in [0.717, 1.165) is 22.5 Å². The van der Waals surface area contributed by atoms with E-state index in [-0.39, 0.29) is 5.91 Å². The van der Waals surface area contributed by atoms with Gasteiger partial charge < -0.3 is 5.32 Å². The molecule has 1 aromatic carbocycles. The van der Waals surface area contributed by atoms with Crippen LogP contribution in [0.1, 0.15) is 6.92 Å². The number of hydrogen-bond acceptors (Lipinski definition) is 4. The zero-order valence-electron chi connectivity index (χ0n) is 11.7. The fraction of sp³-hybridized carbons (Fsp3) is 0.133. The highest BCUT2D eigenvalue weighted by Gasteiger charge is 2.11. The van der Waals surface area contributed by atoms with Crippen molar-refractivity contribution in [2.24, 2.45) is 0 Å². The summed E-state index contributed by atoms with van der Waals surface area (Å²) in [6.07, 6.45) is 3.74. The molecule has 0 aliphatic rings. The third-order valence-corrected chi connectivity index (χ3v) is 3.63. The topological polar surface area (TPSA) is 59.3 Å². The van der Waals surface area contributed by atoms with Gasteiger partial charge in [-0.05, 0) is 24.5 Å². The van der Waals surface area contributed by atoms with Crippen LogP contribution < -0.4 is 5.32 Å². The molecule has 2 aromatic heterocycles. The molecule has 0 radical (unpaired) electrons. The first-order valence-corrected chi connectivity index (χ1v) is 7.67. The van der Waals surface area contributed by atoms with Gasteiger partial charge in [-0.3, -0.25) is 4.79 Å². The van der Waals surface area contributed by atoms with Crippen molar-refractivity contribution < 1.29 is 4.79 Å². The highest BCUT2D eigenvalue weighted by molar-refractivity contribution is 7.98. The molecule has 0 saturated heterocycles. The number of nitrogens with one attached hydrogen (secondary N) is 1. The standard InChI is InChI=1S/C15H14N4OS/c1-10(20)17-13-6-4-3-5-12(13)14-8-7-11-9-16-15(21-2)18-19(11)14/h3-9H,1-2H3,(H,17,20). The van der Waals surface area contributed by atoms with Crippen LogP contribution in [0.2, 0.25) is 0 Å². The molecule has 0 aliphatic carbocycles. The Hall–Kier alpha value is -2.34. The van der Waals surface area contributed by atoms with Gasteiger partial charge in [0.25, 0.3) is 0 Å². The Balaban J connectivity index is 2.18. The van der Waals surface area contributed by atoms with Gasteiger partial charge in [0.2, 0.25) is 11.1 Å². The van der Waals surface area contributed by atoms with Gasteiger partial charge in [-0.25, -0.2) is 9.50 Å². The van der Waals surface area contributed by atoms with E-state index in [4.69, 9.17) is 0 Å². The van der Waals surface area contributed by atoms with Crippen LogP contribution in [0.25, 0.3) is 16.8 Å². The summed E-state index contributed by atoms with van der Waals surface area (Å²) < 4.78 is 1.85. The summed E-state index contributed by atoms with van der Waals surface area (Å²) in [5.41, 5.74) is 3.54. The Kier molecular flexibility index (Phi) is 3.62. The number of anilines is 1. The second kappa shape index (κ2) is 5.57. The Morgan fingerprint density at radius 3 is 2.81 bits per heavy atom. The van der Waals surface area contributed by atoms with Crippen molar-refractivity contribution in [2.75, 3.05) is 11.6 Å². The SMILES string of the molecule is CSc1ncc2ccc(-c3ccccc3NC(C)=O)n2n1. The number of nitrogens with zero attached hydrogens (tertiary/aromatic N) is 3. The van der Waals surface area contributed by atoms with Crippen molar-refractivity contribution in [1.82, 2.24) is 14.6 Å². The Morgan fingerprint density at radius 1 is 1.24 bits per heavy atom. The van der Waals surface area contributed by atoms with E-state index in [1.54, 1.807) is 6.20 Å². The van der Waals surface area contributed by atoms with Gasteiger partial charge in [-0.1, -0.05) is 30.0 Å². The molecule has 5 nitrogen and oxygen atoms in total. The largest absolute Gasteiger partial charge is 0.326 e. The summed E-state index contributed by atoms with van der Waals surface area (Å²) in [5.74, 6) is -0.0947. The molecule has 0 saturated carbocycles. The van der Waals surface area contributed by atoms with E-state index >= 15 is 0 Å². The molecule has 21 heavy (non-hydrogen) atoms. The summed E-state index contributed by atoms with van der Waals surface area (Å²) in [5, 5.41) is 8.07. The Bertz CT molecular complexity index is 812. The van der Waals surface area contributed by atoms with Crippen molar-refractivity contribution in [3.63, 3.8) is 0 Å². The molecule has 1 N–H and O–H groups in total. The molecule has 3 aromatic rings. The number of carbonyl (C=O) groups is 1. The number of hydrogen-bond donors (Lipinski definition) is 1. The van der Waals surface area contributed by atoms with E-state index in [9.17, 15) is 4.79 Å². The molecule has 0 aliphatic heterocycles. The van der Waals surface area contributed by atoms with E-state index in [1.807, 2.05) is 47.2 Å². The zero-order chi connectivity index (χ0) is 14.8. The molecule has 2 heterocycles. The molecule has 0 unspecified atom stereocenters. The minimum atomic E-state index is -0.0947. The van der Waals surface area contributed by atoms with Crippen LogP contribution in [-0.2, 0) is 4.79 Å². The molecule has 106 valence electrons. The third-order valence-electron chi connectivity index (χ3n) is 3.07. The fourth-order valence-corrected chi connectivity index (χ4v) is 2.51. The maximum atomic E-state index is 11.4. The van der Waals surface area contributed by atoms with Crippen LogP contribution in [0.4, 0.5) is 5.69 Å². The number of para-hydroxylation sites is 1. The van der Waals surface area contributed by atoms with Crippen molar-refractivity contribution in [2.45, 2.75) is 12.1 Å². The molecule has 6 heteroatoms. The van der Waals surface area contributed by atoms with Crippen LogP contribution in [0.15, 0.2) is 47.8 Å². The van der Waals surface area contributed by atoms with E-state index in [0.29, 0.717) is 5.16 Å². The van der Waals surface area contributed by atoms with Crippen molar-refractivity contribution in [3.05, 3.63) is 42.6 Å². The molecule has 0 spiro atoms. The van der Waals surface area contributed by atoms with Crippen LogP contribution in [0.5, 0.6) is 0 Å². The van der Waals surface area contributed by atoms with Crippen LogP contribution >= 0.6 is 11.8 Å². The predicted molar refractivity (Wildman–Crippen MR) is 84.5 cm³/mol. The smallest absolute Gasteiger partial charge is 0.221 e. The zero-order valence-corrected chi connectivity index (χ0v) is 12.5. The van der Waals surface area contributed by atoms with Crippen molar-refractivity contribution >= 4 is 28.9 Å². The maximum absolute atomic E-state index is 11.4. The Morgan fingerprint density at radius 2 is 2.05 bits per heavy atom. The number of fused-ring (bicyclic) bond motifs is 1. The summed E-state index contributed by atoms with van der Waals surface area (Å²) >= 11 is 1.49. The predicted octanol–water partition coefficient (Wildman–Crippen LogP) is 3.08. The monoisotopic (exact) mass is 298 g/mol. The van der Waals surface area contributed by atoms with Crippen LogP contribution in [-0.4, -0.2) is 26.8 Å². The normalized spacial score (nSPS) is 10.8. The minimum absolute atomic E-state index is 0.0947. The van der Waals surface area contributed by atoms with Gasteiger partial charge in [0, 0.05) is 12.5 Å². The van der Waals surface area contributed by atoms with Crippen LogP contribution in [0, 0.1) is 0 Å². The van der Waals surface area contributed by atoms with E-state index in [1.165, 1.54) is 18.7 Å². The molecule has 0 fully saturated rings. The van der Waals surface area contributed by atoms with Crippen molar-refractivity contribution in [1.29, 1.82) is 0 Å². The van der Waals surface area contributed by atoms with Gasteiger partial charge in [0.05, 0.1) is 23.1 Å². The summed E-state index contributed by atoms with van der Waals surface area (Å²) in [4.78, 5) is 15.6. The minimum Gasteiger partial charge on any atom is -0.326 e. The second-order valence-corrected chi connectivity index (χ2v) is 5.30. The summed E-state index contributed by atoms with van der Waals surface area (Å²) in [6.45, 7) is 1.50. The van der Waals surface area contributed by atoms with Gasteiger partial charge >= 0.3 is 0 Å². The first kappa shape index (κ1) is 13.6. The number of thioether (sulfide) groups is 1. The number of amides is 1. The van der Waals surface area contributed by atoms with Gasteiger partial charge in [-0.2, -0.15) is 0 Å². The highest BCUT2D eigenvalue weighted by Crippen LogP contribution is 2.29. The van der Waals surface area contributed by atoms with E-state index in [2.05, 4.69) is 15.4 Å². The second-order valence-electron chi connectivity index (χ2n) is 4.53.